The number of nitrogens with one attached hydrogen (secondary N) is 1. The number of carbonyl (C=O) groups excluding carboxylic acids is 1. The van der Waals surface area contributed by atoms with Crippen LogP contribution in [0.2, 0.25) is 0 Å². The van der Waals surface area contributed by atoms with Gasteiger partial charge in [-0.05, 0) is 25.2 Å². The molecule has 1 saturated carbocycles. The molecule has 1 atom stereocenters. The van der Waals surface area contributed by atoms with Gasteiger partial charge in [-0.2, -0.15) is 0 Å². The van der Waals surface area contributed by atoms with Gasteiger partial charge in [-0.15, -0.1) is 0 Å². The number of rotatable bonds is 7. The largest absolute Gasteiger partial charge is 0.468 e. The van der Waals surface area contributed by atoms with E-state index in [-0.39, 0.29) is 11.5 Å². The lowest BCUT2D eigenvalue weighted by Crippen LogP contribution is -2.53. The van der Waals surface area contributed by atoms with Crippen LogP contribution >= 0.6 is 11.8 Å². The summed E-state index contributed by atoms with van der Waals surface area (Å²) in [5.41, 5.74) is 5.81. The van der Waals surface area contributed by atoms with E-state index in [4.69, 9.17) is 10.5 Å². The molecule has 0 radical (unpaired) electrons. The highest BCUT2D eigenvalue weighted by molar-refractivity contribution is 7.99. The molecular weight excluding hydrogens is 290 g/mol. The normalized spacial score (nSPS) is 17.3. The zero-order chi connectivity index (χ0) is 15.5. The highest BCUT2D eigenvalue weighted by Crippen LogP contribution is 2.41. The molecule has 3 N–H and O–H groups in total. The van der Waals surface area contributed by atoms with Gasteiger partial charge >= 0.3 is 5.97 Å². The van der Waals surface area contributed by atoms with Crippen LogP contribution in [0.3, 0.4) is 0 Å². The zero-order valence-corrected chi connectivity index (χ0v) is 13.2. The van der Waals surface area contributed by atoms with E-state index >= 15 is 0 Å². The molecule has 0 aromatic carbocycles. The number of aryl methyl sites for hydroxylation is 1. The number of methoxy groups -OCH3 is 1. The lowest BCUT2D eigenvalue weighted by Gasteiger charge is -2.25. The summed E-state index contributed by atoms with van der Waals surface area (Å²) < 4.78 is 4.82. The molecule has 0 spiro atoms. The molecule has 1 aliphatic rings. The van der Waals surface area contributed by atoms with Gasteiger partial charge < -0.3 is 15.5 Å². The molecule has 7 heteroatoms. The van der Waals surface area contributed by atoms with Crippen molar-refractivity contribution in [1.82, 2.24) is 9.97 Å². The predicted molar refractivity (Wildman–Crippen MR) is 81.2 cm³/mol. The number of aromatic nitrogens is 2. The maximum absolute atomic E-state index is 11.9. The number of aromatic amines is 1. The molecule has 1 aliphatic carbocycles. The fraction of sp³-hybridized carbons (Fsp3) is 0.643. The van der Waals surface area contributed by atoms with Gasteiger partial charge in [0.2, 0.25) is 0 Å². The summed E-state index contributed by atoms with van der Waals surface area (Å²) in [6.45, 7) is 2.03. The van der Waals surface area contributed by atoms with Crippen molar-refractivity contribution in [3.8, 4) is 0 Å². The van der Waals surface area contributed by atoms with Gasteiger partial charge in [0, 0.05) is 17.5 Å². The Morgan fingerprint density at radius 1 is 1.62 bits per heavy atom. The van der Waals surface area contributed by atoms with E-state index in [1.165, 1.54) is 24.9 Å². The van der Waals surface area contributed by atoms with E-state index in [0.717, 1.165) is 31.4 Å². The lowest BCUT2D eigenvalue weighted by atomic mass is 9.97. The first-order valence-electron chi connectivity index (χ1n) is 7.10. The first kappa shape index (κ1) is 16.0. The number of carbonyl (C=O) groups is 1. The average Bonchev–Trinajstić information content (AvgIpc) is 3.28. The van der Waals surface area contributed by atoms with Crippen molar-refractivity contribution >= 4 is 17.7 Å². The van der Waals surface area contributed by atoms with E-state index in [2.05, 4.69) is 9.97 Å². The molecule has 2 rings (SSSR count). The van der Waals surface area contributed by atoms with Crippen molar-refractivity contribution in [1.29, 1.82) is 0 Å². The molecule has 0 amide bonds. The summed E-state index contributed by atoms with van der Waals surface area (Å²) in [6.07, 6.45) is 3.55. The topological polar surface area (TPSA) is 98.1 Å². The van der Waals surface area contributed by atoms with Crippen molar-refractivity contribution in [3.63, 3.8) is 0 Å². The zero-order valence-electron chi connectivity index (χ0n) is 12.3. The Kier molecular flexibility index (Phi) is 5.05. The summed E-state index contributed by atoms with van der Waals surface area (Å²) >= 11 is 1.30. The minimum atomic E-state index is -1.00. The summed E-state index contributed by atoms with van der Waals surface area (Å²) in [6, 6.07) is 1.50. The second kappa shape index (κ2) is 6.62. The SMILES string of the molecule is CCCc1cc(=O)[nH]c(SCC(N)(C(=O)OC)C2CC2)n1. The van der Waals surface area contributed by atoms with Gasteiger partial charge in [0.05, 0.1) is 7.11 Å². The summed E-state index contributed by atoms with van der Waals surface area (Å²) in [5, 5.41) is 0.505. The average molecular weight is 311 g/mol. The Morgan fingerprint density at radius 2 is 2.33 bits per heavy atom. The van der Waals surface area contributed by atoms with Gasteiger partial charge in [0.1, 0.15) is 5.54 Å². The number of H-pyrrole nitrogens is 1. The highest BCUT2D eigenvalue weighted by atomic mass is 32.2. The number of esters is 1. The van der Waals surface area contributed by atoms with Gasteiger partial charge in [-0.25, -0.2) is 4.98 Å². The molecule has 6 nitrogen and oxygen atoms in total. The predicted octanol–water partition coefficient (Wildman–Crippen LogP) is 1.09. The number of nitrogens with zero attached hydrogens (tertiary/aromatic N) is 1. The monoisotopic (exact) mass is 311 g/mol. The van der Waals surface area contributed by atoms with E-state index in [1.807, 2.05) is 6.92 Å². The van der Waals surface area contributed by atoms with E-state index in [1.54, 1.807) is 0 Å². The first-order valence-corrected chi connectivity index (χ1v) is 8.08. The minimum absolute atomic E-state index is 0.156. The van der Waals surface area contributed by atoms with Crippen molar-refractivity contribution in [2.75, 3.05) is 12.9 Å². The standard InChI is InChI=1S/C14H21N3O3S/c1-3-4-10-7-11(18)17-13(16-10)21-8-14(15,9-5-6-9)12(19)20-2/h7,9H,3-6,8,15H2,1-2H3,(H,16,17,18). The number of hydrogen-bond donors (Lipinski definition) is 2. The number of thioether (sulfide) groups is 1. The maximum atomic E-state index is 11.9. The van der Waals surface area contributed by atoms with Crippen LogP contribution in [0, 0.1) is 5.92 Å². The second-order valence-corrected chi connectivity index (χ2v) is 6.35. The summed E-state index contributed by atoms with van der Waals surface area (Å²) in [4.78, 5) is 30.6. The van der Waals surface area contributed by atoms with Gasteiger partial charge in [0.25, 0.3) is 5.56 Å². The van der Waals surface area contributed by atoms with Crippen LogP contribution in [-0.2, 0) is 16.0 Å². The van der Waals surface area contributed by atoms with Crippen molar-refractivity contribution in [3.05, 3.63) is 22.1 Å². The third kappa shape index (κ3) is 3.85. The second-order valence-electron chi connectivity index (χ2n) is 5.39. The van der Waals surface area contributed by atoms with Crippen LogP contribution in [0.5, 0.6) is 0 Å². The molecule has 0 aliphatic heterocycles. The Hall–Kier alpha value is -1.34. The van der Waals surface area contributed by atoms with Crippen molar-refractivity contribution in [2.45, 2.75) is 43.3 Å². The quantitative estimate of drug-likeness (QED) is 0.444. The minimum Gasteiger partial charge on any atom is -0.468 e. The molecular formula is C14H21N3O3S. The fourth-order valence-electron chi connectivity index (χ4n) is 2.26. The van der Waals surface area contributed by atoms with Crippen LogP contribution in [0.4, 0.5) is 0 Å². The van der Waals surface area contributed by atoms with E-state index in [9.17, 15) is 9.59 Å². The van der Waals surface area contributed by atoms with Crippen LogP contribution in [0.1, 0.15) is 31.9 Å². The van der Waals surface area contributed by atoms with E-state index in [0.29, 0.717) is 10.9 Å². The molecule has 1 heterocycles. The molecule has 0 saturated heterocycles. The maximum Gasteiger partial charge on any atom is 0.327 e. The smallest absolute Gasteiger partial charge is 0.327 e. The van der Waals surface area contributed by atoms with Crippen LogP contribution < -0.4 is 11.3 Å². The Bertz CT molecular complexity index is 571. The molecule has 1 aromatic rings. The third-order valence-electron chi connectivity index (χ3n) is 3.60. The van der Waals surface area contributed by atoms with Gasteiger partial charge in [-0.1, -0.05) is 25.1 Å². The molecule has 0 bridgehead atoms. The molecule has 21 heavy (non-hydrogen) atoms. The lowest BCUT2D eigenvalue weighted by molar-refractivity contribution is -0.146. The van der Waals surface area contributed by atoms with Gasteiger partial charge in [-0.3, -0.25) is 9.59 Å². The van der Waals surface area contributed by atoms with Crippen LogP contribution in [-0.4, -0.2) is 34.3 Å². The Morgan fingerprint density at radius 3 is 2.90 bits per heavy atom. The van der Waals surface area contributed by atoms with Crippen LogP contribution in [0.15, 0.2) is 16.0 Å². The Labute approximate surface area is 127 Å². The molecule has 1 aromatic heterocycles. The molecule has 1 unspecified atom stereocenters. The fourth-order valence-corrected chi connectivity index (χ4v) is 3.34. The number of hydrogen-bond acceptors (Lipinski definition) is 6. The van der Waals surface area contributed by atoms with Crippen molar-refractivity contribution < 1.29 is 9.53 Å². The number of ether oxygens (including phenoxy) is 1. The van der Waals surface area contributed by atoms with E-state index < -0.39 is 11.5 Å². The van der Waals surface area contributed by atoms with Gasteiger partial charge in [0.15, 0.2) is 5.16 Å². The first-order chi connectivity index (χ1) is 9.99. The molecule has 116 valence electrons. The summed E-state index contributed by atoms with van der Waals surface area (Å²) in [5.74, 6) is 0.107. The molecule has 1 fully saturated rings. The third-order valence-corrected chi connectivity index (χ3v) is 4.69. The highest BCUT2D eigenvalue weighted by Gasteiger charge is 2.49. The summed E-state index contributed by atoms with van der Waals surface area (Å²) in [7, 11) is 1.35. The van der Waals surface area contributed by atoms with Crippen LogP contribution in [0.25, 0.3) is 0 Å². The van der Waals surface area contributed by atoms with Crippen molar-refractivity contribution in [2.24, 2.45) is 11.7 Å². The number of nitrogens with two attached hydrogens (primary N) is 1. The Balaban J connectivity index is 2.10.